The highest BCUT2D eigenvalue weighted by Gasteiger charge is 2.00. The lowest BCUT2D eigenvalue weighted by atomic mass is 10.1. The number of hydrogen-bond acceptors (Lipinski definition) is 2. The SMILES string of the molecule is O=C(O)CCCc1cccc(-n2cccn2)c1. The monoisotopic (exact) mass is 230 g/mol. The van der Waals surface area contributed by atoms with Crippen LogP contribution in [0.1, 0.15) is 18.4 Å². The Bertz CT molecular complexity index is 492. The molecule has 0 bridgehead atoms. The van der Waals surface area contributed by atoms with Gasteiger partial charge in [0.15, 0.2) is 0 Å². The van der Waals surface area contributed by atoms with E-state index in [1.165, 1.54) is 0 Å². The van der Waals surface area contributed by atoms with Gasteiger partial charge in [0.2, 0.25) is 0 Å². The van der Waals surface area contributed by atoms with Crippen molar-refractivity contribution in [2.45, 2.75) is 19.3 Å². The molecule has 1 N–H and O–H groups in total. The molecule has 0 radical (unpaired) electrons. The predicted molar refractivity (Wildman–Crippen MR) is 64.1 cm³/mol. The van der Waals surface area contributed by atoms with Gasteiger partial charge in [0.1, 0.15) is 0 Å². The Morgan fingerprint density at radius 1 is 1.35 bits per heavy atom. The maximum absolute atomic E-state index is 10.4. The summed E-state index contributed by atoms with van der Waals surface area (Å²) in [5.41, 5.74) is 2.14. The first-order chi connectivity index (χ1) is 8.25. The van der Waals surface area contributed by atoms with Crippen LogP contribution in [0.25, 0.3) is 5.69 Å². The fourth-order valence-electron chi connectivity index (χ4n) is 1.72. The first kappa shape index (κ1) is 11.4. The van der Waals surface area contributed by atoms with Crippen LogP contribution in [-0.2, 0) is 11.2 Å². The standard InChI is InChI=1S/C13H14N2O2/c16-13(17)7-2-5-11-4-1-6-12(10-11)15-9-3-8-14-15/h1,3-4,6,8-10H,2,5,7H2,(H,16,17). The van der Waals surface area contributed by atoms with Gasteiger partial charge in [0.05, 0.1) is 5.69 Å². The second kappa shape index (κ2) is 5.30. The number of aliphatic carboxylic acids is 1. The molecule has 1 aromatic carbocycles. The van der Waals surface area contributed by atoms with E-state index in [-0.39, 0.29) is 6.42 Å². The molecule has 0 saturated carbocycles. The molecule has 88 valence electrons. The molecule has 1 aromatic heterocycles. The summed E-state index contributed by atoms with van der Waals surface area (Å²) < 4.78 is 1.79. The van der Waals surface area contributed by atoms with Crippen LogP contribution in [0.2, 0.25) is 0 Å². The van der Waals surface area contributed by atoms with Gasteiger partial charge in [0.25, 0.3) is 0 Å². The minimum absolute atomic E-state index is 0.214. The summed E-state index contributed by atoms with van der Waals surface area (Å²) in [6.45, 7) is 0. The first-order valence-corrected chi connectivity index (χ1v) is 5.56. The van der Waals surface area contributed by atoms with Crippen molar-refractivity contribution in [3.8, 4) is 5.69 Å². The van der Waals surface area contributed by atoms with E-state index in [0.717, 1.165) is 17.7 Å². The second-order valence-corrected chi connectivity index (χ2v) is 3.87. The third kappa shape index (κ3) is 3.17. The number of hydrogen-bond donors (Lipinski definition) is 1. The van der Waals surface area contributed by atoms with E-state index in [0.29, 0.717) is 6.42 Å². The summed E-state index contributed by atoms with van der Waals surface area (Å²) >= 11 is 0. The lowest BCUT2D eigenvalue weighted by Crippen LogP contribution is -1.98. The topological polar surface area (TPSA) is 55.1 Å². The zero-order chi connectivity index (χ0) is 12.1. The van der Waals surface area contributed by atoms with Crippen molar-refractivity contribution in [2.75, 3.05) is 0 Å². The Labute approximate surface area is 99.5 Å². The predicted octanol–water partition coefficient (Wildman–Crippen LogP) is 2.28. The molecule has 0 saturated heterocycles. The van der Waals surface area contributed by atoms with Gasteiger partial charge in [0, 0.05) is 18.8 Å². The van der Waals surface area contributed by atoms with Gasteiger partial charge in [-0.3, -0.25) is 4.79 Å². The Kier molecular flexibility index (Phi) is 3.55. The highest BCUT2D eigenvalue weighted by atomic mass is 16.4. The summed E-state index contributed by atoms with van der Waals surface area (Å²) in [5, 5.41) is 12.7. The molecule has 0 aliphatic rings. The van der Waals surface area contributed by atoms with Crippen LogP contribution < -0.4 is 0 Å². The summed E-state index contributed by atoms with van der Waals surface area (Å²) in [5.74, 6) is -0.742. The number of carbonyl (C=O) groups is 1. The van der Waals surface area contributed by atoms with Crippen molar-refractivity contribution >= 4 is 5.97 Å². The number of rotatable bonds is 5. The maximum Gasteiger partial charge on any atom is 0.303 e. The Hall–Kier alpha value is -2.10. The van der Waals surface area contributed by atoms with Crippen LogP contribution in [0, 0.1) is 0 Å². The smallest absolute Gasteiger partial charge is 0.303 e. The van der Waals surface area contributed by atoms with Gasteiger partial charge in [-0.15, -0.1) is 0 Å². The van der Waals surface area contributed by atoms with Gasteiger partial charge in [-0.05, 0) is 36.6 Å². The van der Waals surface area contributed by atoms with Gasteiger partial charge in [-0.1, -0.05) is 12.1 Å². The van der Waals surface area contributed by atoms with Crippen molar-refractivity contribution in [1.82, 2.24) is 9.78 Å². The van der Waals surface area contributed by atoms with E-state index in [4.69, 9.17) is 5.11 Å². The molecule has 0 atom stereocenters. The number of aromatic nitrogens is 2. The molecular weight excluding hydrogens is 216 g/mol. The Balaban J connectivity index is 2.04. The molecule has 0 spiro atoms. The minimum Gasteiger partial charge on any atom is -0.481 e. The number of aryl methyl sites for hydroxylation is 1. The van der Waals surface area contributed by atoms with E-state index in [1.54, 1.807) is 10.9 Å². The van der Waals surface area contributed by atoms with Crippen molar-refractivity contribution < 1.29 is 9.90 Å². The fourth-order valence-corrected chi connectivity index (χ4v) is 1.72. The zero-order valence-corrected chi connectivity index (χ0v) is 9.41. The molecule has 0 fully saturated rings. The molecule has 2 aromatic rings. The van der Waals surface area contributed by atoms with Crippen LogP contribution in [0.15, 0.2) is 42.7 Å². The van der Waals surface area contributed by atoms with Crippen molar-refractivity contribution in [3.05, 3.63) is 48.3 Å². The quantitative estimate of drug-likeness (QED) is 0.857. The van der Waals surface area contributed by atoms with Crippen molar-refractivity contribution in [1.29, 1.82) is 0 Å². The largest absolute Gasteiger partial charge is 0.481 e. The van der Waals surface area contributed by atoms with Crippen LogP contribution in [0.5, 0.6) is 0 Å². The number of carboxylic acid groups (broad SMARTS) is 1. The van der Waals surface area contributed by atoms with Crippen LogP contribution in [0.3, 0.4) is 0 Å². The first-order valence-electron chi connectivity index (χ1n) is 5.56. The molecule has 4 nitrogen and oxygen atoms in total. The van der Waals surface area contributed by atoms with Gasteiger partial charge in [-0.25, -0.2) is 4.68 Å². The molecular formula is C13H14N2O2. The maximum atomic E-state index is 10.4. The lowest BCUT2D eigenvalue weighted by Gasteiger charge is -2.04. The summed E-state index contributed by atoms with van der Waals surface area (Å²) in [6.07, 6.45) is 5.28. The fraction of sp³-hybridized carbons (Fsp3) is 0.231. The molecule has 0 aliphatic carbocycles. The molecule has 0 aliphatic heterocycles. The molecule has 1 heterocycles. The molecule has 0 unspecified atom stereocenters. The van der Waals surface area contributed by atoms with Gasteiger partial charge < -0.3 is 5.11 Å². The van der Waals surface area contributed by atoms with E-state index in [2.05, 4.69) is 5.10 Å². The molecule has 0 amide bonds. The van der Waals surface area contributed by atoms with Crippen LogP contribution in [0.4, 0.5) is 0 Å². The third-order valence-corrected chi connectivity index (χ3v) is 2.54. The minimum atomic E-state index is -0.742. The average Bonchev–Trinajstić information content (AvgIpc) is 2.82. The summed E-state index contributed by atoms with van der Waals surface area (Å²) in [4.78, 5) is 10.4. The van der Waals surface area contributed by atoms with Crippen LogP contribution in [-0.4, -0.2) is 20.9 Å². The van der Waals surface area contributed by atoms with Gasteiger partial charge in [-0.2, -0.15) is 5.10 Å². The van der Waals surface area contributed by atoms with Crippen molar-refractivity contribution in [3.63, 3.8) is 0 Å². The van der Waals surface area contributed by atoms with Crippen LogP contribution >= 0.6 is 0 Å². The lowest BCUT2D eigenvalue weighted by molar-refractivity contribution is -0.137. The number of carboxylic acids is 1. The number of nitrogens with zero attached hydrogens (tertiary/aromatic N) is 2. The summed E-state index contributed by atoms with van der Waals surface area (Å²) in [6, 6.07) is 9.86. The summed E-state index contributed by atoms with van der Waals surface area (Å²) in [7, 11) is 0. The Morgan fingerprint density at radius 3 is 2.94 bits per heavy atom. The molecule has 17 heavy (non-hydrogen) atoms. The van der Waals surface area contributed by atoms with E-state index < -0.39 is 5.97 Å². The van der Waals surface area contributed by atoms with E-state index in [1.807, 2.05) is 36.5 Å². The van der Waals surface area contributed by atoms with Gasteiger partial charge >= 0.3 is 5.97 Å². The van der Waals surface area contributed by atoms with E-state index >= 15 is 0 Å². The second-order valence-electron chi connectivity index (χ2n) is 3.87. The normalized spacial score (nSPS) is 10.4. The number of benzene rings is 1. The average molecular weight is 230 g/mol. The van der Waals surface area contributed by atoms with E-state index in [9.17, 15) is 4.79 Å². The molecule has 4 heteroatoms. The van der Waals surface area contributed by atoms with Crippen molar-refractivity contribution in [2.24, 2.45) is 0 Å². The third-order valence-electron chi connectivity index (χ3n) is 2.54. The highest BCUT2D eigenvalue weighted by molar-refractivity contribution is 5.66. The Morgan fingerprint density at radius 2 is 2.24 bits per heavy atom. The molecule has 2 rings (SSSR count). The zero-order valence-electron chi connectivity index (χ0n) is 9.41. The highest BCUT2D eigenvalue weighted by Crippen LogP contribution is 2.11.